The number of anilines is 1. The van der Waals surface area contributed by atoms with Crippen LogP contribution < -0.4 is 5.73 Å². The Morgan fingerprint density at radius 1 is 1.35 bits per heavy atom. The summed E-state index contributed by atoms with van der Waals surface area (Å²) in [5.74, 6) is 0. The minimum atomic E-state index is 0.170. The lowest BCUT2D eigenvalue weighted by Gasteiger charge is -2.21. The van der Waals surface area contributed by atoms with Gasteiger partial charge < -0.3 is 10.8 Å². The van der Waals surface area contributed by atoms with Crippen LogP contribution in [-0.4, -0.2) is 29.7 Å². The molecule has 4 heteroatoms. The van der Waals surface area contributed by atoms with Gasteiger partial charge in [0.2, 0.25) is 0 Å². The fraction of sp³-hybridized carbons (Fsp3) is 0.538. The molecule has 1 aromatic carbocycles. The van der Waals surface area contributed by atoms with Crippen LogP contribution in [0.15, 0.2) is 18.2 Å². The van der Waals surface area contributed by atoms with Crippen LogP contribution >= 0.6 is 11.6 Å². The number of aliphatic hydroxyl groups is 1. The number of unbranched alkanes of at least 4 members (excludes halogenated alkanes) is 1. The fourth-order valence-electron chi connectivity index (χ4n) is 1.75. The molecule has 0 spiro atoms. The molecule has 0 saturated carbocycles. The summed E-state index contributed by atoms with van der Waals surface area (Å²) in [6.45, 7) is 4.71. The maximum absolute atomic E-state index is 9.04. The zero-order valence-electron chi connectivity index (χ0n) is 10.3. The molecule has 0 atom stereocenters. The van der Waals surface area contributed by atoms with Crippen LogP contribution in [0.25, 0.3) is 0 Å². The third kappa shape index (κ3) is 4.94. The van der Waals surface area contributed by atoms with Crippen molar-refractivity contribution in [1.82, 2.24) is 4.90 Å². The molecule has 0 saturated heterocycles. The zero-order valence-corrected chi connectivity index (χ0v) is 11.1. The topological polar surface area (TPSA) is 49.5 Å². The monoisotopic (exact) mass is 256 g/mol. The Morgan fingerprint density at radius 2 is 2.12 bits per heavy atom. The minimum Gasteiger partial charge on any atom is -0.399 e. The van der Waals surface area contributed by atoms with E-state index in [1.165, 1.54) is 0 Å². The molecule has 0 unspecified atom stereocenters. The SMILES string of the molecule is CCCCN(CCO)Cc1cc(N)ccc1Cl. The first kappa shape index (κ1) is 14.3. The fourth-order valence-corrected chi connectivity index (χ4v) is 1.93. The molecular weight excluding hydrogens is 236 g/mol. The lowest BCUT2D eigenvalue weighted by Crippen LogP contribution is -2.27. The Morgan fingerprint density at radius 3 is 2.76 bits per heavy atom. The Kier molecular flexibility index (Phi) is 6.34. The van der Waals surface area contributed by atoms with Gasteiger partial charge in [-0.05, 0) is 36.7 Å². The molecule has 17 heavy (non-hydrogen) atoms. The second kappa shape index (κ2) is 7.54. The molecule has 0 aliphatic rings. The molecule has 3 N–H and O–H groups in total. The lowest BCUT2D eigenvalue weighted by molar-refractivity contribution is 0.188. The van der Waals surface area contributed by atoms with E-state index in [-0.39, 0.29) is 6.61 Å². The first-order valence-corrected chi connectivity index (χ1v) is 6.42. The van der Waals surface area contributed by atoms with E-state index in [1.54, 1.807) is 6.07 Å². The number of nitrogens with two attached hydrogens (primary N) is 1. The van der Waals surface area contributed by atoms with Crippen molar-refractivity contribution in [3.05, 3.63) is 28.8 Å². The van der Waals surface area contributed by atoms with Crippen LogP contribution in [0, 0.1) is 0 Å². The summed E-state index contributed by atoms with van der Waals surface area (Å²) < 4.78 is 0. The van der Waals surface area contributed by atoms with Crippen molar-refractivity contribution < 1.29 is 5.11 Å². The van der Waals surface area contributed by atoms with E-state index in [9.17, 15) is 0 Å². The molecule has 0 fully saturated rings. The summed E-state index contributed by atoms with van der Waals surface area (Å²) in [4.78, 5) is 2.20. The number of hydrogen-bond acceptors (Lipinski definition) is 3. The number of rotatable bonds is 7. The van der Waals surface area contributed by atoms with E-state index in [0.29, 0.717) is 6.54 Å². The largest absolute Gasteiger partial charge is 0.399 e. The molecule has 0 aromatic heterocycles. The number of nitrogen functional groups attached to an aromatic ring is 1. The van der Waals surface area contributed by atoms with Crippen molar-refractivity contribution in [3.63, 3.8) is 0 Å². The molecule has 0 heterocycles. The normalized spacial score (nSPS) is 11.1. The van der Waals surface area contributed by atoms with Crippen LogP contribution in [0.2, 0.25) is 5.02 Å². The van der Waals surface area contributed by atoms with E-state index in [4.69, 9.17) is 22.4 Å². The van der Waals surface area contributed by atoms with Crippen LogP contribution in [0.4, 0.5) is 5.69 Å². The predicted octanol–water partition coefficient (Wildman–Crippen LogP) is 2.52. The van der Waals surface area contributed by atoms with E-state index in [1.807, 2.05) is 12.1 Å². The molecule has 0 aliphatic heterocycles. The summed E-state index contributed by atoms with van der Waals surface area (Å²) in [6.07, 6.45) is 2.27. The quantitative estimate of drug-likeness (QED) is 0.737. The summed E-state index contributed by atoms with van der Waals surface area (Å²) in [7, 11) is 0. The van der Waals surface area contributed by atoms with Gasteiger partial charge in [0.25, 0.3) is 0 Å². The van der Waals surface area contributed by atoms with Crippen molar-refractivity contribution >= 4 is 17.3 Å². The van der Waals surface area contributed by atoms with E-state index in [0.717, 1.165) is 42.2 Å². The smallest absolute Gasteiger partial charge is 0.0558 e. The van der Waals surface area contributed by atoms with Gasteiger partial charge in [0, 0.05) is 23.8 Å². The van der Waals surface area contributed by atoms with E-state index < -0.39 is 0 Å². The molecule has 0 bridgehead atoms. The summed E-state index contributed by atoms with van der Waals surface area (Å²) in [5.41, 5.74) is 7.50. The number of aliphatic hydroxyl groups excluding tert-OH is 1. The minimum absolute atomic E-state index is 0.170. The third-order valence-corrected chi connectivity index (χ3v) is 3.08. The average molecular weight is 257 g/mol. The molecule has 96 valence electrons. The second-order valence-corrected chi connectivity index (χ2v) is 4.61. The molecule has 0 amide bonds. The Labute approximate surface area is 108 Å². The van der Waals surface area contributed by atoms with Gasteiger partial charge in [0.05, 0.1) is 6.61 Å². The first-order valence-electron chi connectivity index (χ1n) is 6.04. The van der Waals surface area contributed by atoms with Crippen molar-refractivity contribution in [2.45, 2.75) is 26.3 Å². The van der Waals surface area contributed by atoms with Gasteiger partial charge in [-0.1, -0.05) is 24.9 Å². The van der Waals surface area contributed by atoms with Crippen LogP contribution in [-0.2, 0) is 6.54 Å². The number of nitrogens with zero attached hydrogens (tertiary/aromatic N) is 1. The Hall–Kier alpha value is -0.770. The third-order valence-electron chi connectivity index (χ3n) is 2.71. The van der Waals surface area contributed by atoms with Crippen molar-refractivity contribution in [1.29, 1.82) is 0 Å². The van der Waals surface area contributed by atoms with Crippen LogP contribution in [0.3, 0.4) is 0 Å². The van der Waals surface area contributed by atoms with Gasteiger partial charge in [-0.3, -0.25) is 4.90 Å². The highest BCUT2D eigenvalue weighted by Gasteiger charge is 2.08. The highest BCUT2D eigenvalue weighted by molar-refractivity contribution is 6.31. The second-order valence-electron chi connectivity index (χ2n) is 4.20. The van der Waals surface area contributed by atoms with Crippen molar-refractivity contribution in [2.24, 2.45) is 0 Å². The van der Waals surface area contributed by atoms with E-state index >= 15 is 0 Å². The van der Waals surface area contributed by atoms with Gasteiger partial charge in [0.15, 0.2) is 0 Å². The highest BCUT2D eigenvalue weighted by atomic mass is 35.5. The van der Waals surface area contributed by atoms with E-state index in [2.05, 4.69) is 11.8 Å². The van der Waals surface area contributed by atoms with Gasteiger partial charge in [-0.15, -0.1) is 0 Å². The summed E-state index contributed by atoms with van der Waals surface area (Å²) in [5, 5.41) is 9.77. The maximum Gasteiger partial charge on any atom is 0.0558 e. The molecule has 1 rings (SSSR count). The summed E-state index contributed by atoms with van der Waals surface area (Å²) >= 11 is 6.13. The number of halogens is 1. The van der Waals surface area contributed by atoms with Gasteiger partial charge in [0.1, 0.15) is 0 Å². The Balaban J connectivity index is 2.67. The number of benzene rings is 1. The molecule has 3 nitrogen and oxygen atoms in total. The number of hydrogen-bond donors (Lipinski definition) is 2. The summed E-state index contributed by atoms with van der Waals surface area (Å²) in [6, 6.07) is 5.52. The predicted molar refractivity (Wildman–Crippen MR) is 73.1 cm³/mol. The van der Waals surface area contributed by atoms with Crippen LogP contribution in [0.5, 0.6) is 0 Å². The average Bonchev–Trinajstić information content (AvgIpc) is 2.31. The van der Waals surface area contributed by atoms with Crippen LogP contribution in [0.1, 0.15) is 25.3 Å². The molecule has 0 radical (unpaired) electrons. The molecule has 1 aromatic rings. The lowest BCUT2D eigenvalue weighted by atomic mass is 10.2. The maximum atomic E-state index is 9.04. The Bertz CT molecular complexity index is 344. The molecular formula is C13H21ClN2O. The van der Waals surface area contributed by atoms with Gasteiger partial charge >= 0.3 is 0 Å². The highest BCUT2D eigenvalue weighted by Crippen LogP contribution is 2.20. The van der Waals surface area contributed by atoms with Gasteiger partial charge in [-0.2, -0.15) is 0 Å². The zero-order chi connectivity index (χ0) is 12.7. The van der Waals surface area contributed by atoms with Gasteiger partial charge in [-0.25, -0.2) is 0 Å². The first-order chi connectivity index (χ1) is 8.17. The molecule has 0 aliphatic carbocycles. The van der Waals surface area contributed by atoms with Crippen molar-refractivity contribution in [2.75, 3.05) is 25.4 Å². The standard InChI is InChI=1S/C13H21ClN2O/c1-2-3-6-16(7-8-17)10-11-9-12(15)4-5-13(11)14/h4-5,9,17H,2-3,6-8,10,15H2,1H3. The van der Waals surface area contributed by atoms with Crippen molar-refractivity contribution in [3.8, 4) is 0 Å².